The van der Waals surface area contributed by atoms with Gasteiger partial charge in [-0.3, -0.25) is 4.79 Å². The first-order chi connectivity index (χ1) is 7.88. The lowest BCUT2D eigenvalue weighted by Crippen LogP contribution is -2.51. The monoisotopic (exact) mass is 242 g/mol. The molecule has 1 aliphatic heterocycles. The molecule has 0 radical (unpaired) electrons. The maximum atomic E-state index is 11.8. The smallest absolute Gasteiger partial charge is 0.237 e. The molecule has 0 aromatic rings. The van der Waals surface area contributed by atoms with Crippen LogP contribution in [-0.4, -0.2) is 36.2 Å². The number of hydrogen-bond donors (Lipinski definition) is 2. The fourth-order valence-electron chi connectivity index (χ4n) is 2.38. The lowest BCUT2D eigenvalue weighted by molar-refractivity contribution is -0.124. The van der Waals surface area contributed by atoms with Crippen LogP contribution in [0.4, 0.5) is 0 Å². The van der Waals surface area contributed by atoms with E-state index in [2.05, 4.69) is 24.5 Å². The standard InChI is InChI=1S/C13H26N2O2/c1-8(2)14-13(16)11(5)15-12-6-9(3)17-10(4)7-12/h8-12,15H,6-7H2,1-5H3,(H,14,16). The van der Waals surface area contributed by atoms with Crippen molar-refractivity contribution in [2.45, 2.75) is 77.8 Å². The fourth-order valence-corrected chi connectivity index (χ4v) is 2.38. The summed E-state index contributed by atoms with van der Waals surface area (Å²) in [5.41, 5.74) is 0. The van der Waals surface area contributed by atoms with Crippen LogP contribution < -0.4 is 10.6 Å². The molecule has 1 aliphatic rings. The van der Waals surface area contributed by atoms with Gasteiger partial charge in [0, 0.05) is 12.1 Å². The van der Waals surface area contributed by atoms with Gasteiger partial charge in [0.25, 0.3) is 0 Å². The first-order valence-electron chi connectivity index (χ1n) is 6.60. The van der Waals surface area contributed by atoms with Crippen LogP contribution in [0, 0.1) is 0 Å². The second-order valence-corrected chi connectivity index (χ2v) is 5.48. The van der Waals surface area contributed by atoms with Gasteiger partial charge in [0.1, 0.15) is 0 Å². The third-order valence-electron chi connectivity index (χ3n) is 3.01. The molecule has 4 heteroatoms. The molecule has 3 unspecified atom stereocenters. The zero-order valence-corrected chi connectivity index (χ0v) is 11.6. The van der Waals surface area contributed by atoms with Gasteiger partial charge in [-0.2, -0.15) is 0 Å². The predicted octanol–water partition coefficient (Wildman–Crippen LogP) is 1.45. The fraction of sp³-hybridized carbons (Fsp3) is 0.923. The van der Waals surface area contributed by atoms with Crippen LogP contribution in [-0.2, 0) is 9.53 Å². The summed E-state index contributed by atoms with van der Waals surface area (Å²) in [5, 5.41) is 6.31. The molecule has 1 saturated heterocycles. The van der Waals surface area contributed by atoms with Gasteiger partial charge in [-0.15, -0.1) is 0 Å². The molecule has 17 heavy (non-hydrogen) atoms. The van der Waals surface area contributed by atoms with Crippen molar-refractivity contribution in [3.05, 3.63) is 0 Å². The van der Waals surface area contributed by atoms with Crippen LogP contribution in [0.1, 0.15) is 47.5 Å². The molecule has 0 saturated carbocycles. The normalized spacial score (nSPS) is 31.3. The maximum Gasteiger partial charge on any atom is 0.237 e. The number of rotatable bonds is 4. The molecule has 0 bridgehead atoms. The Morgan fingerprint density at radius 1 is 1.18 bits per heavy atom. The summed E-state index contributed by atoms with van der Waals surface area (Å²) < 4.78 is 5.68. The van der Waals surface area contributed by atoms with Gasteiger partial charge in [-0.1, -0.05) is 0 Å². The number of hydrogen-bond acceptors (Lipinski definition) is 3. The van der Waals surface area contributed by atoms with Crippen molar-refractivity contribution in [3.63, 3.8) is 0 Å². The molecule has 0 aromatic carbocycles. The van der Waals surface area contributed by atoms with Crippen molar-refractivity contribution in [1.29, 1.82) is 0 Å². The van der Waals surface area contributed by atoms with Crippen LogP contribution in [0.25, 0.3) is 0 Å². The van der Waals surface area contributed by atoms with Gasteiger partial charge in [-0.25, -0.2) is 0 Å². The van der Waals surface area contributed by atoms with E-state index < -0.39 is 0 Å². The molecule has 1 heterocycles. The molecule has 0 aromatic heterocycles. The highest BCUT2D eigenvalue weighted by Gasteiger charge is 2.26. The Bertz CT molecular complexity index is 246. The number of carbonyl (C=O) groups excluding carboxylic acids is 1. The summed E-state index contributed by atoms with van der Waals surface area (Å²) in [4.78, 5) is 11.8. The minimum atomic E-state index is -0.139. The molecule has 1 fully saturated rings. The van der Waals surface area contributed by atoms with Gasteiger partial charge in [0.2, 0.25) is 5.91 Å². The molecule has 0 aliphatic carbocycles. The second kappa shape index (κ2) is 6.36. The third-order valence-corrected chi connectivity index (χ3v) is 3.01. The molecule has 0 spiro atoms. The van der Waals surface area contributed by atoms with E-state index in [1.165, 1.54) is 0 Å². The Hall–Kier alpha value is -0.610. The lowest BCUT2D eigenvalue weighted by Gasteiger charge is -2.34. The zero-order valence-electron chi connectivity index (χ0n) is 11.6. The summed E-state index contributed by atoms with van der Waals surface area (Å²) >= 11 is 0. The van der Waals surface area contributed by atoms with Crippen LogP contribution in [0.2, 0.25) is 0 Å². The highest BCUT2D eigenvalue weighted by Crippen LogP contribution is 2.19. The zero-order chi connectivity index (χ0) is 13.0. The van der Waals surface area contributed by atoms with E-state index in [1.54, 1.807) is 0 Å². The summed E-state index contributed by atoms with van der Waals surface area (Å²) in [7, 11) is 0. The average Bonchev–Trinajstić information content (AvgIpc) is 2.14. The topological polar surface area (TPSA) is 50.4 Å². The third kappa shape index (κ3) is 5.04. The van der Waals surface area contributed by atoms with Crippen molar-refractivity contribution in [2.75, 3.05) is 0 Å². The molecular weight excluding hydrogens is 216 g/mol. The van der Waals surface area contributed by atoms with Gasteiger partial charge < -0.3 is 15.4 Å². The second-order valence-electron chi connectivity index (χ2n) is 5.48. The van der Waals surface area contributed by atoms with E-state index in [9.17, 15) is 4.79 Å². The molecule has 4 nitrogen and oxygen atoms in total. The largest absolute Gasteiger partial charge is 0.375 e. The van der Waals surface area contributed by atoms with E-state index in [-0.39, 0.29) is 30.2 Å². The number of carbonyl (C=O) groups is 1. The molecule has 3 atom stereocenters. The minimum Gasteiger partial charge on any atom is -0.375 e. The highest BCUT2D eigenvalue weighted by molar-refractivity contribution is 5.81. The average molecular weight is 242 g/mol. The van der Waals surface area contributed by atoms with Crippen molar-refractivity contribution in [1.82, 2.24) is 10.6 Å². The van der Waals surface area contributed by atoms with Crippen molar-refractivity contribution < 1.29 is 9.53 Å². The molecule has 1 amide bonds. The van der Waals surface area contributed by atoms with Crippen LogP contribution in [0.5, 0.6) is 0 Å². The van der Waals surface area contributed by atoms with E-state index in [1.807, 2.05) is 20.8 Å². The number of amides is 1. The first-order valence-corrected chi connectivity index (χ1v) is 6.60. The molecule has 100 valence electrons. The van der Waals surface area contributed by atoms with Gasteiger partial charge in [0.05, 0.1) is 18.2 Å². The van der Waals surface area contributed by atoms with Gasteiger partial charge in [-0.05, 0) is 47.5 Å². The minimum absolute atomic E-state index is 0.0757. The van der Waals surface area contributed by atoms with Crippen molar-refractivity contribution in [2.24, 2.45) is 0 Å². The number of nitrogens with one attached hydrogen (secondary N) is 2. The Morgan fingerprint density at radius 2 is 1.71 bits per heavy atom. The van der Waals surface area contributed by atoms with E-state index in [0.717, 1.165) is 12.8 Å². The summed E-state index contributed by atoms with van der Waals surface area (Å²) in [5.74, 6) is 0.0757. The first kappa shape index (κ1) is 14.5. The van der Waals surface area contributed by atoms with Crippen LogP contribution >= 0.6 is 0 Å². The van der Waals surface area contributed by atoms with Crippen LogP contribution in [0.3, 0.4) is 0 Å². The molecular formula is C13H26N2O2. The predicted molar refractivity (Wildman–Crippen MR) is 68.9 cm³/mol. The SMILES string of the molecule is CC(C)NC(=O)C(C)NC1CC(C)OC(C)C1. The quantitative estimate of drug-likeness (QED) is 0.784. The van der Waals surface area contributed by atoms with Crippen molar-refractivity contribution in [3.8, 4) is 0 Å². The Morgan fingerprint density at radius 3 is 2.18 bits per heavy atom. The summed E-state index contributed by atoms with van der Waals surface area (Å²) in [6.07, 6.45) is 2.50. The van der Waals surface area contributed by atoms with Gasteiger partial charge >= 0.3 is 0 Å². The van der Waals surface area contributed by atoms with E-state index in [4.69, 9.17) is 4.74 Å². The van der Waals surface area contributed by atoms with E-state index in [0.29, 0.717) is 6.04 Å². The van der Waals surface area contributed by atoms with E-state index >= 15 is 0 Å². The molecule has 2 N–H and O–H groups in total. The Balaban J connectivity index is 2.39. The summed E-state index contributed by atoms with van der Waals surface area (Å²) in [6, 6.07) is 0.431. The summed E-state index contributed by atoms with van der Waals surface area (Å²) in [6.45, 7) is 10.0. The Kier molecular flexibility index (Phi) is 5.40. The Labute approximate surface area is 104 Å². The van der Waals surface area contributed by atoms with Crippen LogP contribution in [0.15, 0.2) is 0 Å². The highest BCUT2D eigenvalue weighted by atomic mass is 16.5. The number of ether oxygens (including phenoxy) is 1. The maximum absolute atomic E-state index is 11.8. The lowest BCUT2D eigenvalue weighted by atomic mass is 9.99. The molecule has 1 rings (SSSR count). The van der Waals surface area contributed by atoms with Crippen molar-refractivity contribution >= 4 is 5.91 Å². The van der Waals surface area contributed by atoms with Gasteiger partial charge in [0.15, 0.2) is 0 Å².